The molecule has 0 unspecified atom stereocenters. The molecule has 1 aromatic heterocycles. The molecule has 0 atom stereocenters. The van der Waals surface area contributed by atoms with E-state index >= 15 is 0 Å². The van der Waals surface area contributed by atoms with Gasteiger partial charge in [-0.2, -0.15) is 0 Å². The third kappa shape index (κ3) is 5.04. The van der Waals surface area contributed by atoms with Crippen molar-refractivity contribution in [3.05, 3.63) is 64.9 Å². The molecule has 1 fully saturated rings. The van der Waals surface area contributed by atoms with Crippen LogP contribution in [0.25, 0.3) is 22.0 Å². The van der Waals surface area contributed by atoms with Crippen LogP contribution in [0.15, 0.2) is 54.9 Å². The Labute approximate surface area is 198 Å². The molecule has 0 saturated carbocycles. The minimum atomic E-state index is 0.0517. The summed E-state index contributed by atoms with van der Waals surface area (Å²) in [4.78, 5) is 27.5. The van der Waals surface area contributed by atoms with Gasteiger partial charge in [-0.25, -0.2) is 9.97 Å². The quantitative estimate of drug-likeness (QED) is 0.519. The fourth-order valence-corrected chi connectivity index (χ4v) is 4.17. The Kier molecular flexibility index (Phi) is 6.94. The van der Waals surface area contributed by atoms with Gasteiger partial charge < -0.3 is 14.7 Å². The van der Waals surface area contributed by atoms with Crippen molar-refractivity contribution in [3.8, 4) is 11.1 Å². The molecule has 0 aliphatic carbocycles. The molecule has 0 N–H and O–H groups in total. The van der Waals surface area contributed by atoms with E-state index in [1.54, 1.807) is 12.4 Å². The number of hydrogen-bond donors (Lipinski definition) is 0. The predicted octanol–water partition coefficient (Wildman–Crippen LogP) is 4.37. The standard InChI is InChI=1S/C24H25Cl2N5O/c1-29(2)9-3-4-23(32)30-10-12-31(13-11-30)24-20-14-19(17-5-7-18(25)8-6-17)21(26)15-22(20)27-16-28-24/h3-8,14-16H,9-13H2,1-2H3/b4-3+. The van der Waals surface area contributed by atoms with Crippen LogP contribution in [0.3, 0.4) is 0 Å². The summed E-state index contributed by atoms with van der Waals surface area (Å²) in [6.45, 7) is 3.45. The van der Waals surface area contributed by atoms with Gasteiger partial charge in [0, 0.05) is 54.8 Å². The second-order valence-corrected chi connectivity index (χ2v) is 8.87. The Bertz CT molecular complexity index is 1140. The first-order valence-corrected chi connectivity index (χ1v) is 11.2. The Morgan fingerprint density at radius 1 is 1.06 bits per heavy atom. The van der Waals surface area contributed by atoms with Crippen LogP contribution in [0, 0.1) is 0 Å². The number of halogens is 2. The predicted molar refractivity (Wildman–Crippen MR) is 131 cm³/mol. The van der Waals surface area contributed by atoms with E-state index in [9.17, 15) is 4.79 Å². The number of amides is 1. The maximum absolute atomic E-state index is 12.5. The number of carbonyl (C=O) groups is 1. The molecular weight excluding hydrogens is 445 g/mol. The lowest BCUT2D eigenvalue weighted by Gasteiger charge is -2.35. The van der Waals surface area contributed by atoms with Crippen molar-refractivity contribution in [1.29, 1.82) is 0 Å². The number of anilines is 1. The molecule has 2 aromatic carbocycles. The SMILES string of the molecule is CN(C)C/C=C/C(=O)N1CCN(c2ncnc3cc(Cl)c(-c4ccc(Cl)cc4)cc23)CC1. The van der Waals surface area contributed by atoms with E-state index in [4.69, 9.17) is 23.2 Å². The molecule has 1 aliphatic heterocycles. The van der Waals surface area contributed by atoms with E-state index in [0.29, 0.717) is 36.2 Å². The van der Waals surface area contributed by atoms with Gasteiger partial charge in [0.05, 0.1) is 10.5 Å². The number of nitrogens with zero attached hydrogens (tertiary/aromatic N) is 5. The number of aromatic nitrogens is 2. The monoisotopic (exact) mass is 469 g/mol. The van der Waals surface area contributed by atoms with Crippen LogP contribution in [0.5, 0.6) is 0 Å². The minimum Gasteiger partial charge on any atom is -0.352 e. The first kappa shape index (κ1) is 22.5. The van der Waals surface area contributed by atoms with Gasteiger partial charge in [0.2, 0.25) is 5.91 Å². The van der Waals surface area contributed by atoms with Crippen molar-refractivity contribution in [1.82, 2.24) is 19.8 Å². The summed E-state index contributed by atoms with van der Waals surface area (Å²) >= 11 is 12.6. The second-order valence-electron chi connectivity index (χ2n) is 8.03. The zero-order chi connectivity index (χ0) is 22.7. The van der Waals surface area contributed by atoms with Crippen LogP contribution in [-0.4, -0.2) is 72.5 Å². The number of fused-ring (bicyclic) bond motifs is 1. The van der Waals surface area contributed by atoms with Crippen LogP contribution in [0.2, 0.25) is 10.0 Å². The van der Waals surface area contributed by atoms with E-state index in [1.165, 1.54) is 0 Å². The van der Waals surface area contributed by atoms with Crippen LogP contribution in [0.4, 0.5) is 5.82 Å². The summed E-state index contributed by atoms with van der Waals surface area (Å²) < 4.78 is 0. The molecule has 2 heterocycles. The lowest BCUT2D eigenvalue weighted by molar-refractivity contribution is -0.126. The van der Waals surface area contributed by atoms with Gasteiger partial charge in [-0.1, -0.05) is 41.4 Å². The Morgan fingerprint density at radius 2 is 1.78 bits per heavy atom. The van der Waals surface area contributed by atoms with Gasteiger partial charge in [-0.3, -0.25) is 4.79 Å². The van der Waals surface area contributed by atoms with Gasteiger partial charge in [0.25, 0.3) is 0 Å². The summed E-state index contributed by atoms with van der Waals surface area (Å²) in [5, 5.41) is 2.25. The van der Waals surface area contributed by atoms with Gasteiger partial charge in [-0.15, -0.1) is 0 Å². The highest BCUT2D eigenvalue weighted by atomic mass is 35.5. The van der Waals surface area contributed by atoms with E-state index in [1.807, 2.05) is 66.4 Å². The van der Waals surface area contributed by atoms with Gasteiger partial charge >= 0.3 is 0 Å². The molecule has 4 rings (SSSR count). The maximum Gasteiger partial charge on any atom is 0.246 e. The van der Waals surface area contributed by atoms with E-state index in [0.717, 1.165) is 34.4 Å². The summed E-state index contributed by atoms with van der Waals surface area (Å²) in [6, 6.07) is 11.5. The number of benzene rings is 2. The molecule has 8 heteroatoms. The van der Waals surface area contributed by atoms with Crippen LogP contribution >= 0.6 is 23.2 Å². The Morgan fingerprint density at radius 3 is 2.47 bits per heavy atom. The molecule has 32 heavy (non-hydrogen) atoms. The highest BCUT2D eigenvalue weighted by Crippen LogP contribution is 2.35. The van der Waals surface area contributed by atoms with Gasteiger partial charge in [-0.05, 0) is 43.9 Å². The summed E-state index contributed by atoms with van der Waals surface area (Å²) in [7, 11) is 3.95. The molecular formula is C24H25Cl2N5O. The lowest BCUT2D eigenvalue weighted by Crippen LogP contribution is -2.48. The highest BCUT2D eigenvalue weighted by molar-refractivity contribution is 6.34. The number of rotatable bonds is 5. The summed E-state index contributed by atoms with van der Waals surface area (Å²) in [6.07, 6.45) is 5.13. The number of piperazine rings is 1. The largest absolute Gasteiger partial charge is 0.352 e. The van der Waals surface area contributed by atoms with Gasteiger partial charge in [0.1, 0.15) is 12.1 Å². The zero-order valence-electron chi connectivity index (χ0n) is 18.1. The van der Waals surface area contributed by atoms with Crippen LogP contribution < -0.4 is 4.90 Å². The fraction of sp³-hybridized carbons (Fsp3) is 0.292. The zero-order valence-corrected chi connectivity index (χ0v) is 19.6. The number of carbonyl (C=O) groups excluding carboxylic acids is 1. The van der Waals surface area contributed by atoms with E-state index in [-0.39, 0.29) is 5.91 Å². The molecule has 0 radical (unpaired) electrons. The number of hydrogen-bond acceptors (Lipinski definition) is 5. The van der Waals surface area contributed by atoms with Crippen molar-refractivity contribution in [3.63, 3.8) is 0 Å². The van der Waals surface area contributed by atoms with Crippen molar-refractivity contribution in [2.45, 2.75) is 0 Å². The molecule has 1 aliphatic rings. The summed E-state index contributed by atoms with van der Waals surface area (Å²) in [5.74, 6) is 0.910. The Balaban J connectivity index is 1.56. The first-order valence-electron chi connectivity index (χ1n) is 10.5. The fourth-order valence-electron chi connectivity index (χ4n) is 3.78. The molecule has 3 aromatic rings. The van der Waals surface area contributed by atoms with Crippen molar-refractivity contribution < 1.29 is 4.79 Å². The highest BCUT2D eigenvalue weighted by Gasteiger charge is 2.22. The number of likely N-dealkylation sites (N-methyl/N-ethyl adjacent to an activating group) is 1. The average Bonchev–Trinajstić information content (AvgIpc) is 2.78. The smallest absolute Gasteiger partial charge is 0.246 e. The lowest BCUT2D eigenvalue weighted by atomic mass is 10.0. The van der Waals surface area contributed by atoms with E-state index < -0.39 is 0 Å². The third-order valence-electron chi connectivity index (χ3n) is 5.48. The molecule has 1 saturated heterocycles. The first-order chi connectivity index (χ1) is 15.4. The van der Waals surface area contributed by atoms with Crippen molar-refractivity contribution >= 4 is 45.8 Å². The van der Waals surface area contributed by atoms with Crippen molar-refractivity contribution in [2.75, 3.05) is 51.7 Å². The average molecular weight is 470 g/mol. The molecule has 0 spiro atoms. The van der Waals surface area contributed by atoms with Crippen molar-refractivity contribution in [2.24, 2.45) is 0 Å². The second kappa shape index (κ2) is 9.86. The third-order valence-corrected chi connectivity index (χ3v) is 6.04. The molecule has 6 nitrogen and oxygen atoms in total. The Hall–Kier alpha value is -2.67. The molecule has 0 bridgehead atoms. The summed E-state index contributed by atoms with van der Waals surface area (Å²) in [5.41, 5.74) is 2.69. The minimum absolute atomic E-state index is 0.0517. The maximum atomic E-state index is 12.5. The molecule has 166 valence electrons. The van der Waals surface area contributed by atoms with Gasteiger partial charge in [0.15, 0.2) is 0 Å². The van der Waals surface area contributed by atoms with E-state index in [2.05, 4.69) is 14.9 Å². The normalized spacial score (nSPS) is 14.7. The topological polar surface area (TPSA) is 52.6 Å². The molecule has 1 amide bonds. The van der Waals surface area contributed by atoms with Crippen LogP contribution in [-0.2, 0) is 4.79 Å². The van der Waals surface area contributed by atoms with Crippen LogP contribution in [0.1, 0.15) is 0 Å².